The highest BCUT2D eigenvalue weighted by Crippen LogP contribution is 2.29. The number of hydrogen-bond acceptors (Lipinski definition) is 3. The molecule has 1 aromatic carbocycles. The van der Waals surface area contributed by atoms with Gasteiger partial charge in [-0.05, 0) is 30.8 Å². The smallest absolute Gasteiger partial charge is 0.0931 e. The largest absolute Gasteiger partial charge is 0.369 e. The summed E-state index contributed by atoms with van der Waals surface area (Å²) in [5, 5.41) is 4.14. The molecule has 0 bridgehead atoms. The van der Waals surface area contributed by atoms with Crippen LogP contribution in [0.5, 0.6) is 0 Å². The van der Waals surface area contributed by atoms with E-state index in [9.17, 15) is 0 Å². The van der Waals surface area contributed by atoms with Crippen molar-refractivity contribution in [3.8, 4) is 0 Å². The minimum atomic E-state index is 0.779. The van der Waals surface area contributed by atoms with Gasteiger partial charge in [0.2, 0.25) is 0 Å². The van der Waals surface area contributed by atoms with Crippen LogP contribution in [0.15, 0.2) is 30.3 Å². The summed E-state index contributed by atoms with van der Waals surface area (Å²) in [6.07, 6.45) is 0. The van der Waals surface area contributed by atoms with E-state index < -0.39 is 0 Å². The summed E-state index contributed by atoms with van der Waals surface area (Å²) in [6.45, 7) is 4.63. The van der Waals surface area contributed by atoms with E-state index >= 15 is 0 Å². The number of hydrogen-bond donors (Lipinski definition) is 1. The van der Waals surface area contributed by atoms with Gasteiger partial charge in [0.1, 0.15) is 0 Å². The molecule has 0 radical (unpaired) electrons. The molecule has 1 heterocycles. The molecule has 0 atom stereocenters. The lowest BCUT2D eigenvalue weighted by atomic mass is 10.1. The Kier molecular flexibility index (Phi) is 5.73. The van der Waals surface area contributed by atoms with Crippen molar-refractivity contribution in [3.05, 3.63) is 50.1 Å². The van der Waals surface area contributed by atoms with Crippen LogP contribution in [0.25, 0.3) is 0 Å². The number of thiophene rings is 1. The Bertz CT molecular complexity index is 569. The fourth-order valence-corrected chi connectivity index (χ4v) is 3.46. The lowest BCUT2D eigenvalue weighted by Crippen LogP contribution is -2.20. The quantitative estimate of drug-likeness (QED) is 0.819. The van der Waals surface area contributed by atoms with Gasteiger partial charge in [-0.15, -0.1) is 11.3 Å². The number of nitrogens with zero attached hydrogens (tertiary/aromatic N) is 1. The Morgan fingerprint density at radius 3 is 2.65 bits per heavy atom. The van der Waals surface area contributed by atoms with E-state index in [0.29, 0.717) is 0 Å². The molecule has 0 spiro atoms. The van der Waals surface area contributed by atoms with E-state index in [4.69, 9.17) is 23.2 Å². The van der Waals surface area contributed by atoms with Crippen molar-refractivity contribution in [1.29, 1.82) is 0 Å². The molecule has 5 heteroatoms. The Hall–Kier alpha value is -0.740. The van der Waals surface area contributed by atoms with Crippen molar-refractivity contribution in [1.82, 2.24) is 5.32 Å². The van der Waals surface area contributed by atoms with Gasteiger partial charge in [0.25, 0.3) is 0 Å². The number of halogens is 2. The maximum Gasteiger partial charge on any atom is 0.0931 e. The molecule has 20 heavy (non-hydrogen) atoms. The standard InChI is InChI=1S/C15H18Cl2N2S/c1-3-18-9-12-13(16)5-4-6-14(12)19(2)10-11-7-8-15(17)20-11/h4-8,18H,3,9-10H2,1-2H3. The van der Waals surface area contributed by atoms with Crippen LogP contribution < -0.4 is 10.2 Å². The highest BCUT2D eigenvalue weighted by atomic mass is 35.5. The zero-order valence-corrected chi connectivity index (χ0v) is 13.9. The van der Waals surface area contributed by atoms with Gasteiger partial charge in [-0.3, -0.25) is 0 Å². The zero-order chi connectivity index (χ0) is 14.5. The molecule has 2 aromatic rings. The second kappa shape index (κ2) is 7.32. The third-order valence-corrected chi connectivity index (χ3v) is 4.65. The highest BCUT2D eigenvalue weighted by Gasteiger charge is 2.11. The van der Waals surface area contributed by atoms with Crippen molar-refractivity contribution in [2.45, 2.75) is 20.0 Å². The third kappa shape index (κ3) is 3.89. The van der Waals surface area contributed by atoms with Crippen LogP contribution in [0.1, 0.15) is 17.4 Å². The van der Waals surface area contributed by atoms with E-state index in [2.05, 4.69) is 36.3 Å². The Morgan fingerprint density at radius 2 is 2.00 bits per heavy atom. The van der Waals surface area contributed by atoms with Crippen LogP contribution in [-0.4, -0.2) is 13.6 Å². The first kappa shape index (κ1) is 15.6. The lowest BCUT2D eigenvalue weighted by molar-refractivity contribution is 0.723. The molecule has 0 fully saturated rings. The van der Waals surface area contributed by atoms with Gasteiger partial charge in [0.05, 0.1) is 10.9 Å². The summed E-state index contributed by atoms with van der Waals surface area (Å²) in [4.78, 5) is 3.45. The zero-order valence-electron chi connectivity index (χ0n) is 11.6. The lowest BCUT2D eigenvalue weighted by Gasteiger charge is -2.23. The average molecular weight is 329 g/mol. The molecular formula is C15H18Cl2N2S. The first-order chi connectivity index (χ1) is 9.61. The first-order valence-electron chi connectivity index (χ1n) is 6.55. The van der Waals surface area contributed by atoms with Gasteiger partial charge in [-0.2, -0.15) is 0 Å². The van der Waals surface area contributed by atoms with E-state index in [1.54, 1.807) is 11.3 Å². The van der Waals surface area contributed by atoms with Gasteiger partial charge in [-0.1, -0.05) is 36.2 Å². The van der Waals surface area contributed by atoms with Crippen LogP contribution in [0, 0.1) is 0 Å². The summed E-state index contributed by atoms with van der Waals surface area (Å²) in [6, 6.07) is 10.0. The topological polar surface area (TPSA) is 15.3 Å². The molecule has 0 saturated carbocycles. The van der Waals surface area contributed by atoms with Gasteiger partial charge in [0.15, 0.2) is 0 Å². The summed E-state index contributed by atoms with van der Waals surface area (Å²) < 4.78 is 0.826. The summed E-state index contributed by atoms with van der Waals surface area (Å²) in [5.41, 5.74) is 2.30. The molecule has 2 rings (SSSR count). The molecule has 0 unspecified atom stereocenters. The second-order valence-corrected chi connectivity index (χ2v) is 6.79. The SMILES string of the molecule is CCNCc1c(Cl)cccc1N(C)Cc1ccc(Cl)s1. The minimum Gasteiger partial charge on any atom is -0.369 e. The molecule has 108 valence electrons. The molecule has 0 aliphatic rings. The normalized spacial score (nSPS) is 10.8. The predicted octanol–water partition coefficient (Wildman–Crippen LogP) is 4.80. The monoisotopic (exact) mass is 328 g/mol. The van der Waals surface area contributed by atoms with Crippen molar-refractivity contribution in [2.75, 3.05) is 18.5 Å². The molecule has 2 nitrogen and oxygen atoms in total. The molecule has 0 saturated heterocycles. The third-order valence-electron chi connectivity index (χ3n) is 3.08. The second-order valence-electron chi connectivity index (χ2n) is 4.58. The fourth-order valence-electron chi connectivity index (χ4n) is 2.09. The summed E-state index contributed by atoms with van der Waals surface area (Å²) in [7, 11) is 2.08. The molecule has 0 amide bonds. The van der Waals surface area contributed by atoms with Crippen molar-refractivity contribution in [2.24, 2.45) is 0 Å². The van der Waals surface area contributed by atoms with Gasteiger partial charge < -0.3 is 10.2 Å². The molecular weight excluding hydrogens is 311 g/mol. The Balaban J connectivity index is 2.20. The maximum absolute atomic E-state index is 6.33. The first-order valence-corrected chi connectivity index (χ1v) is 8.12. The van der Waals surface area contributed by atoms with Crippen LogP contribution in [-0.2, 0) is 13.1 Å². The number of rotatable bonds is 6. The molecule has 1 aromatic heterocycles. The van der Waals surface area contributed by atoms with Crippen molar-refractivity contribution in [3.63, 3.8) is 0 Å². The van der Waals surface area contributed by atoms with E-state index in [1.165, 1.54) is 4.88 Å². The fraction of sp³-hybridized carbons (Fsp3) is 0.333. The minimum absolute atomic E-state index is 0.779. The van der Waals surface area contributed by atoms with Crippen molar-refractivity contribution < 1.29 is 0 Å². The summed E-state index contributed by atoms with van der Waals surface area (Å²) in [5.74, 6) is 0. The van der Waals surface area contributed by atoms with E-state index in [1.807, 2.05) is 18.2 Å². The van der Waals surface area contributed by atoms with Crippen LogP contribution in [0.3, 0.4) is 0 Å². The predicted molar refractivity (Wildman–Crippen MR) is 90.3 cm³/mol. The van der Waals surface area contributed by atoms with Crippen molar-refractivity contribution >= 4 is 40.2 Å². The van der Waals surface area contributed by atoms with Crippen LogP contribution in [0.2, 0.25) is 9.36 Å². The molecule has 1 N–H and O–H groups in total. The summed E-state index contributed by atoms with van der Waals surface area (Å²) >= 11 is 13.9. The Morgan fingerprint density at radius 1 is 1.20 bits per heavy atom. The van der Waals surface area contributed by atoms with Gasteiger partial charge >= 0.3 is 0 Å². The number of anilines is 1. The van der Waals surface area contributed by atoms with E-state index in [-0.39, 0.29) is 0 Å². The Labute approximate surface area is 134 Å². The molecule has 0 aliphatic carbocycles. The van der Waals surface area contributed by atoms with E-state index in [0.717, 1.165) is 40.2 Å². The average Bonchev–Trinajstić information content (AvgIpc) is 2.82. The van der Waals surface area contributed by atoms with Gasteiger partial charge in [0, 0.05) is 34.7 Å². The highest BCUT2D eigenvalue weighted by molar-refractivity contribution is 7.16. The van der Waals surface area contributed by atoms with Crippen LogP contribution >= 0.6 is 34.5 Å². The van der Waals surface area contributed by atoms with Crippen LogP contribution in [0.4, 0.5) is 5.69 Å². The number of nitrogens with one attached hydrogen (secondary N) is 1. The molecule has 0 aliphatic heterocycles. The maximum atomic E-state index is 6.33. The van der Waals surface area contributed by atoms with Gasteiger partial charge in [-0.25, -0.2) is 0 Å². The number of benzene rings is 1.